The monoisotopic (exact) mass is 373 g/mol. The Kier molecular flexibility index (Phi) is 5.50. The lowest BCUT2D eigenvalue weighted by Crippen LogP contribution is -2.23. The van der Waals surface area contributed by atoms with Crippen LogP contribution < -0.4 is 10.9 Å². The van der Waals surface area contributed by atoms with Crippen LogP contribution in [0, 0.1) is 12.8 Å². The molecule has 3 rings (SSSR count). The predicted octanol–water partition coefficient (Wildman–Crippen LogP) is 3.95. The number of nitrogens with zero attached hydrogens (tertiary/aromatic N) is 4. The fourth-order valence-corrected chi connectivity index (χ4v) is 3.88. The van der Waals surface area contributed by atoms with Crippen molar-refractivity contribution in [1.82, 2.24) is 19.7 Å². The first-order valence-corrected chi connectivity index (χ1v) is 9.55. The first-order valence-electron chi connectivity index (χ1n) is 7.92. The van der Waals surface area contributed by atoms with Crippen LogP contribution in [0.25, 0.3) is 0 Å². The molecule has 2 heterocycles. The third kappa shape index (κ3) is 4.67. The van der Waals surface area contributed by atoms with Crippen molar-refractivity contribution in [1.29, 1.82) is 0 Å². The van der Waals surface area contributed by atoms with Crippen molar-refractivity contribution in [2.75, 3.05) is 5.32 Å². The molecule has 1 N–H and O–H groups in total. The van der Waals surface area contributed by atoms with E-state index < -0.39 is 0 Å². The van der Waals surface area contributed by atoms with Crippen molar-refractivity contribution in [3.63, 3.8) is 0 Å². The van der Waals surface area contributed by atoms with E-state index in [-0.39, 0.29) is 5.56 Å². The van der Waals surface area contributed by atoms with E-state index in [1.165, 1.54) is 28.7 Å². The topological polar surface area (TPSA) is 72.7 Å². The Balaban J connectivity index is 1.73. The van der Waals surface area contributed by atoms with Gasteiger partial charge in [0.05, 0.1) is 0 Å². The van der Waals surface area contributed by atoms with E-state index in [9.17, 15) is 4.79 Å². The van der Waals surface area contributed by atoms with E-state index >= 15 is 0 Å². The van der Waals surface area contributed by atoms with E-state index in [1.807, 2.05) is 31.2 Å². The number of anilines is 2. The van der Waals surface area contributed by atoms with Crippen LogP contribution in [-0.4, -0.2) is 19.7 Å². The van der Waals surface area contributed by atoms with Gasteiger partial charge >= 0.3 is 0 Å². The van der Waals surface area contributed by atoms with Crippen LogP contribution in [0.3, 0.4) is 0 Å². The molecule has 0 bridgehead atoms. The van der Waals surface area contributed by atoms with Crippen molar-refractivity contribution in [2.24, 2.45) is 5.92 Å². The molecule has 6 nitrogen and oxygen atoms in total. The zero-order valence-corrected chi connectivity index (χ0v) is 15.9. The Hall–Kier alpha value is -2.19. The maximum Gasteiger partial charge on any atom is 0.283 e. The average molecular weight is 374 g/mol. The highest BCUT2D eigenvalue weighted by Gasteiger charge is 2.12. The molecule has 25 heavy (non-hydrogen) atoms. The van der Waals surface area contributed by atoms with Gasteiger partial charge in [0.2, 0.25) is 5.13 Å². The Labute approximate surface area is 154 Å². The lowest BCUT2D eigenvalue weighted by molar-refractivity contribution is 0.502. The number of hydrogen-bond donors (Lipinski definition) is 1. The van der Waals surface area contributed by atoms with Gasteiger partial charge in [0.1, 0.15) is 0 Å². The summed E-state index contributed by atoms with van der Waals surface area (Å²) in [7, 11) is 0. The molecule has 3 aromatic rings. The number of hydrogen-bond acceptors (Lipinski definition) is 7. The fourth-order valence-electron chi connectivity index (χ4n) is 2.18. The number of rotatable bonds is 6. The van der Waals surface area contributed by atoms with Crippen LogP contribution in [0.4, 0.5) is 10.8 Å². The largest absolute Gasteiger partial charge is 0.330 e. The standard InChI is InChI=1S/C17H19N5OS2/c1-11(2)10-22-9-8-18-14(15(22)23)24-17-21-20-16(25-17)19-13-6-4-12(3)5-7-13/h4-9,11H,10H2,1-3H3,(H,19,20). The summed E-state index contributed by atoms with van der Waals surface area (Å²) in [6.07, 6.45) is 3.37. The van der Waals surface area contributed by atoms with Gasteiger partial charge in [-0.1, -0.05) is 42.9 Å². The molecule has 0 unspecified atom stereocenters. The van der Waals surface area contributed by atoms with E-state index in [4.69, 9.17) is 0 Å². The molecule has 0 atom stereocenters. The summed E-state index contributed by atoms with van der Waals surface area (Å²) in [5, 5.41) is 12.6. The van der Waals surface area contributed by atoms with Crippen molar-refractivity contribution < 1.29 is 0 Å². The van der Waals surface area contributed by atoms with Gasteiger partial charge in [-0.25, -0.2) is 4.98 Å². The summed E-state index contributed by atoms with van der Waals surface area (Å²) in [6, 6.07) is 8.05. The lowest BCUT2D eigenvalue weighted by Gasteiger charge is -2.08. The first-order chi connectivity index (χ1) is 12.0. The van der Waals surface area contributed by atoms with Crippen molar-refractivity contribution in [3.8, 4) is 0 Å². The van der Waals surface area contributed by atoms with E-state index in [2.05, 4.69) is 34.3 Å². The maximum absolute atomic E-state index is 12.5. The van der Waals surface area contributed by atoms with Crippen LogP contribution in [0.5, 0.6) is 0 Å². The van der Waals surface area contributed by atoms with Crippen LogP contribution >= 0.6 is 23.1 Å². The predicted molar refractivity (Wildman–Crippen MR) is 102 cm³/mol. The zero-order valence-electron chi connectivity index (χ0n) is 14.3. The molecule has 0 fully saturated rings. The Bertz CT molecular complexity index is 902. The van der Waals surface area contributed by atoms with E-state index in [0.29, 0.717) is 27.0 Å². The second-order valence-corrected chi connectivity index (χ2v) is 8.26. The Morgan fingerprint density at radius 1 is 1.24 bits per heavy atom. The summed E-state index contributed by atoms with van der Waals surface area (Å²) < 4.78 is 2.37. The summed E-state index contributed by atoms with van der Waals surface area (Å²) in [5.74, 6) is 0.393. The quantitative estimate of drug-likeness (QED) is 0.705. The van der Waals surface area contributed by atoms with Crippen LogP contribution in [0.2, 0.25) is 0 Å². The molecular formula is C17H19N5OS2. The van der Waals surface area contributed by atoms with Crippen molar-refractivity contribution in [2.45, 2.75) is 36.7 Å². The molecule has 0 amide bonds. The molecule has 0 aliphatic heterocycles. The number of benzene rings is 1. The Morgan fingerprint density at radius 2 is 2.00 bits per heavy atom. The summed E-state index contributed by atoms with van der Waals surface area (Å²) in [4.78, 5) is 16.7. The molecule has 2 aromatic heterocycles. The zero-order chi connectivity index (χ0) is 17.8. The van der Waals surface area contributed by atoms with E-state index in [0.717, 1.165) is 5.69 Å². The molecule has 0 saturated heterocycles. The molecule has 0 radical (unpaired) electrons. The molecule has 0 spiro atoms. The third-order valence-corrected chi connectivity index (χ3v) is 5.20. The highest BCUT2D eigenvalue weighted by molar-refractivity contribution is 8.01. The minimum atomic E-state index is -0.0931. The van der Waals surface area contributed by atoms with Gasteiger partial charge in [0.15, 0.2) is 9.37 Å². The maximum atomic E-state index is 12.5. The molecule has 8 heteroatoms. The van der Waals surface area contributed by atoms with Crippen LogP contribution in [0.1, 0.15) is 19.4 Å². The molecule has 0 aliphatic carbocycles. The van der Waals surface area contributed by atoms with Gasteiger partial charge in [-0.15, -0.1) is 10.2 Å². The van der Waals surface area contributed by atoms with E-state index in [1.54, 1.807) is 17.0 Å². The summed E-state index contributed by atoms with van der Waals surface area (Å²) >= 11 is 2.65. The van der Waals surface area contributed by atoms with Crippen LogP contribution in [-0.2, 0) is 6.54 Å². The molecule has 1 aromatic carbocycles. The second kappa shape index (κ2) is 7.79. The van der Waals surface area contributed by atoms with Gasteiger partial charge in [-0.2, -0.15) is 0 Å². The summed E-state index contributed by atoms with van der Waals surface area (Å²) in [5.41, 5.74) is 2.06. The van der Waals surface area contributed by atoms with Gasteiger partial charge in [0, 0.05) is 24.6 Å². The Morgan fingerprint density at radius 3 is 2.72 bits per heavy atom. The van der Waals surface area contributed by atoms with Gasteiger partial charge < -0.3 is 9.88 Å². The number of aryl methyl sites for hydroxylation is 1. The number of nitrogens with one attached hydrogen (secondary N) is 1. The highest BCUT2D eigenvalue weighted by Crippen LogP contribution is 2.30. The molecule has 130 valence electrons. The minimum absolute atomic E-state index is 0.0931. The lowest BCUT2D eigenvalue weighted by atomic mass is 10.2. The molecular weight excluding hydrogens is 354 g/mol. The average Bonchev–Trinajstić information content (AvgIpc) is 3.00. The van der Waals surface area contributed by atoms with Gasteiger partial charge in [-0.05, 0) is 36.7 Å². The second-order valence-electron chi connectivity index (χ2n) is 6.05. The smallest absolute Gasteiger partial charge is 0.283 e. The minimum Gasteiger partial charge on any atom is -0.330 e. The fraction of sp³-hybridized carbons (Fsp3) is 0.294. The van der Waals surface area contributed by atoms with Crippen molar-refractivity contribution in [3.05, 3.63) is 52.6 Å². The highest BCUT2D eigenvalue weighted by atomic mass is 32.2. The van der Waals surface area contributed by atoms with Crippen molar-refractivity contribution >= 4 is 33.9 Å². The summed E-state index contributed by atoms with van der Waals surface area (Å²) in [6.45, 7) is 6.87. The van der Waals surface area contributed by atoms with Crippen LogP contribution in [0.15, 0.2) is 50.8 Å². The van der Waals surface area contributed by atoms with Gasteiger partial charge in [0.25, 0.3) is 5.56 Å². The first kappa shape index (κ1) is 17.6. The SMILES string of the molecule is Cc1ccc(Nc2nnc(Sc3nccn(CC(C)C)c3=O)s2)cc1. The molecule has 0 aliphatic rings. The van der Waals surface area contributed by atoms with Gasteiger partial charge in [-0.3, -0.25) is 4.79 Å². The number of aromatic nitrogens is 4. The third-order valence-electron chi connectivity index (χ3n) is 3.34. The molecule has 0 saturated carbocycles. The normalized spacial score (nSPS) is 11.0.